The zero-order valence-corrected chi connectivity index (χ0v) is 18.6. The van der Waals surface area contributed by atoms with Gasteiger partial charge in [-0.2, -0.15) is 10.2 Å². The molecule has 2 N–H and O–H groups in total. The summed E-state index contributed by atoms with van der Waals surface area (Å²) in [6.45, 7) is 4.15. The number of amides is 1. The van der Waals surface area contributed by atoms with Gasteiger partial charge in [0.25, 0.3) is 5.91 Å². The first-order valence-electron chi connectivity index (χ1n) is 10.6. The lowest BCUT2D eigenvalue weighted by molar-refractivity contribution is 0.0955. The van der Waals surface area contributed by atoms with Crippen LogP contribution in [-0.4, -0.2) is 30.9 Å². The smallest absolute Gasteiger partial charge is 0.271 e. The fraction of sp³-hybridized carbons (Fsp3) is 0.160. The Kier molecular flexibility index (Phi) is 5.73. The van der Waals surface area contributed by atoms with Crippen LogP contribution in [0.1, 0.15) is 35.3 Å². The highest BCUT2D eigenvalue weighted by atomic mass is 16.7. The molecule has 34 heavy (non-hydrogen) atoms. The third-order valence-electron chi connectivity index (χ3n) is 5.41. The number of ether oxygens (including phenoxy) is 4. The van der Waals surface area contributed by atoms with Gasteiger partial charge in [-0.05, 0) is 74.5 Å². The zero-order valence-electron chi connectivity index (χ0n) is 18.6. The van der Waals surface area contributed by atoms with Crippen molar-refractivity contribution >= 4 is 23.0 Å². The number of hydrogen-bond donors (Lipinski definition) is 2. The van der Waals surface area contributed by atoms with Crippen LogP contribution in [0.2, 0.25) is 0 Å². The molecule has 0 radical (unpaired) electrons. The Hall–Kier alpha value is -4.53. The Morgan fingerprint density at radius 3 is 1.76 bits per heavy atom. The molecule has 0 aromatic heterocycles. The molecule has 1 amide bonds. The van der Waals surface area contributed by atoms with E-state index < -0.39 is 0 Å². The third-order valence-corrected chi connectivity index (χ3v) is 5.41. The molecule has 0 aliphatic carbocycles. The monoisotopic (exact) mass is 458 g/mol. The van der Waals surface area contributed by atoms with Crippen molar-refractivity contribution in [2.24, 2.45) is 10.2 Å². The summed E-state index contributed by atoms with van der Waals surface area (Å²) in [6.07, 6.45) is 0. The molecule has 3 aromatic rings. The van der Waals surface area contributed by atoms with Crippen LogP contribution in [0, 0.1) is 0 Å². The number of hydrogen-bond acceptors (Lipinski definition) is 8. The van der Waals surface area contributed by atoms with Gasteiger partial charge in [0, 0.05) is 16.7 Å². The van der Waals surface area contributed by atoms with Crippen molar-refractivity contribution in [1.29, 1.82) is 0 Å². The van der Waals surface area contributed by atoms with E-state index in [1.54, 1.807) is 24.3 Å². The summed E-state index contributed by atoms with van der Waals surface area (Å²) in [6, 6.07) is 18.2. The van der Waals surface area contributed by atoms with Gasteiger partial charge < -0.3 is 18.9 Å². The maximum Gasteiger partial charge on any atom is 0.271 e. The minimum atomic E-state index is -0.313. The fourth-order valence-electron chi connectivity index (χ4n) is 3.42. The molecule has 0 unspecified atom stereocenters. The van der Waals surface area contributed by atoms with E-state index in [1.165, 1.54) is 0 Å². The molecule has 0 bridgehead atoms. The lowest BCUT2D eigenvalue weighted by Crippen LogP contribution is -2.19. The predicted octanol–water partition coefficient (Wildman–Crippen LogP) is 4.13. The van der Waals surface area contributed by atoms with E-state index in [0.29, 0.717) is 28.5 Å². The van der Waals surface area contributed by atoms with Crippen molar-refractivity contribution in [1.82, 2.24) is 5.43 Å². The average Bonchev–Trinajstić information content (AvgIpc) is 3.54. The number of benzene rings is 3. The quantitative estimate of drug-likeness (QED) is 0.425. The minimum absolute atomic E-state index is 0.208. The van der Waals surface area contributed by atoms with Gasteiger partial charge in [0.05, 0.1) is 17.1 Å². The first-order chi connectivity index (χ1) is 16.6. The predicted molar refractivity (Wildman–Crippen MR) is 127 cm³/mol. The second-order valence-corrected chi connectivity index (χ2v) is 7.66. The minimum Gasteiger partial charge on any atom is -0.454 e. The Balaban J connectivity index is 1.19. The first kappa shape index (κ1) is 21.3. The Morgan fingerprint density at radius 2 is 1.18 bits per heavy atom. The number of rotatable bonds is 6. The van der Waals surface area contributed by atoms with Crippen LogP contribution in [-0.2, 0) is 0 Å². The summed E-state index contributed by atoms with van der Waals surface area (Å²) < 4.78 is 21.4. The SMILES string of the molecule is C/C(=N\NC(=O)c1ccc(N/N=C(\C)c2ccc3c(c2)OCO3)cc1)c1ccc2c(c1)OCO2. The van der Waals surface area contributed by atoms with Crippen LogP contribution >= 0.6 is 0 Å². The summed E-state index contributed by atoms with van der Waals surface area (Å²) in [5.74, 6) is 2.49. The molecule has 0 fully saturated rings. The van der Waals surface area contributed by atoms with E-state index in [1.807, 2.05) is 50.2 Å². The van der Waals surface area contributed by atoms with Crippen molar-refractivity contribution in [2.75, 3.05) is 19.0 Å². The van der Waals surface area contributed by atoms with Gasteiger partial charge in [0.2, 0.25) is 13.6 Å². The van der Waals surface area contributed by atoms with Gasteiger partial charge in [-0.3, -0.25) is 10.2 Å². The van der Waals surface area contributed by atoms with Crippen molar-refractivity contribution in [3.63, 3.8) is 0 Å². The lowest BCUT2D eigenvalue weighted by Gasteiger charge is -2.06. The highest BCUT2D eigenvalue weighted by Gasteiger charge is 2.15. The fourth-order valence-corrected chi connectivity index (χ4v) is 3.42. The van der Waals surface area contributed by atoms with Crippen molar-refractivity contribution in [3.8, 4) is 23.0 Å². The van der Waals surface area contributed by atoms with Crippen molar-refractivity contribution < 1.29 is 23.7 Å². The molecule has 9 nitrogen and oxygen atoms in total. The van der Waals surface area contributed by atoms with Crippen LogP contribution in [0.4, 0.5) is 5.69 Å². The molecule has 5 rings (SSSR count). The maximum atomic E-state index is 12.5. The van der Waals surface area contributed by atoms with Crippen LogP contribution in [0.3, 0.4) is 0 Å². The highest BCUT2D eigenvalue weighted by Crippen LogP contribution is 2.33. The summed E-state index contributed by atoms with van der Waals surface area (Å²) in [7, 11) is 0. The summed E-state index contributed by atoms with van der Waals surface area (Å²) >= 11 is 0. The number of carbonyl (C=O) groups is 1. The van der Waals surface area contributed by atoms with Gasteiger partial charge in [-0.1, -0.05) is 0 Å². The second-order valence-electron chi connectivity index (χ2n) is 7.66. The number of carbonyl (C=O) groups excluding carboxylic acids is 1. The summed E-state index contributed by atoms with van der Waals surface area (Å²) in [5, 5.41) is 8.61. The Morgan fingerprint density at radius 1 is 0.676 bits per heavy atom. The molecule has 9 heteroatoms. The van der Waals surface area contributed by atoms with E-state index in [0.717, 1.165) is 28.3 Å². The summed E-state index contributed by atoms with van der Waals surface area (Å²) in [5.41, 5.74) is 10.00. The molecule has 2 aliphatic rings. The van der Waals surface area contributed by atoms with E-state index >= 15 is 0 Å². The number of hydrazone groups is 2. The largest absolute Gasteiger partial charge is 0.454 e. The molecule has 0 saturated carbocycles. The van der Waals surface area contributed by atoms with E-state index in [-0.39, 0.29) is 19.5 Å². The van der Waals surface area contributed by atoms with Crippen molar-refractivity contribution in [2.45, 2.75) is 13.8 Å². The van der Waals surface area contributed by atoms with Crippen LogP contribution in [0.25, 0.3) is 0 Å². The third kappa shape index (κ3) is 4.49. The standard InChI is InChI=1S/C25H22N4O5/c1-15(18-5-9-21-23(11-18)33-13-31-21)26-28-20-7-3-17(4-8-20)25(30)29-27-16(2)19-6-10-22-24(12-19)34-14-32-22/h3-12,28H,13-14H2,1-2H3,(H,29,30)/b26-15+,27-16+. The van der Waals surface area contributed by atoms with Crippen LogP contribution in [0.15, 0.2) is 70.9 Å². The molecule has 0 atom stereocenters. The first-order valence-corrected chi connectivity index (χ1v) is 10.6. The van der Waals surface area contributed by atoms with Gasteiger partial charge >= 0.3 is 0 Å². The van der Waals surface area contributed by atoms with Crippen LogP contribution < -0.4 is 29.8 Å². The Bertz CT molecular complexity index is 1300. The number of anilines is 1. The maximum absolute atomic E-state index is 12.5. The molecule has 0 saturated heterocycles. The summed E-state index contributed by atoms with van der Waals surface area (Å²) in [4.78, 5) is 12.5. The Labute approximate surface area is 196 Å². The normalized spacial score (nSPS) is 14.2. The van der Waals surface area contributed by atoms with E-state index in [9.17, 15) is 4.79 Å². The molecule has 2 aliphatic heterocycles. The van der Waals surface area contributed by atoms with Crippen molar-refractivity contribution in [3.05, 3.63) is 77.4 Å². The lowest BCUT2D eigenvalue weighted by atomic mass is 10.1. The number of nitrogens with one attached hydrogen (secondary N) is 2. The van der Waals surface area contributed by atoms with Gasteiger partial charge in [0.15, 0.2) is 23.0 Å². The highest BCUT2D eigenvalue weighted by molar-refractivity contribution is 6.01. The number of fused-ring (bicyclic) bond motifs is 2. The molecular formula is C25H22N4O5. The van der Waals surface area contributed by atoms with Gasteiger partial charge in [0.1, 0.15) is 0 Å². The number of nitrogens with zero attached hydrogens (tertiary/aromatic N) is 2. The topological polar surface area (TPSA) is 103 Å². The van der Waals surface area contributed by atoms with Crippen LogP contribution in [0.5, 0.6) is 23.0 Å². The van der Waals surface area contributed by atoms with Gasteiger partial charge in [-0.25, -0.2) is 5.43 Å². The van der Waals surface area contributed by atoms with E-state index in [4.69, 9.17) is 18.9 Å². The second kappa shape index (κ2) is 9.14. The molecule has 172 valence electrons. The molecular weight excluding hydrogens is 436 g/mol. The van der Waals surface area contributed by atoms with E-state index in [2.05, 4.69) is 21.1 Å². The zero-order chi connectivity index (χ0) is 23.5. The molecule has 3 aromatic carbocycles. The average molecular weight is 458 g/mol. The van der Waals surface area contributed by atoms with Gasteiger partial charge in [-0.15, -0.1) is 0 Å². The molecule has 2 heterocycles. The molecule has 0 spiro atoms.